The minimum Gasteiger partial charge on any atom is -0.478 e. The van der Waals surface area contributed by atoms with Gasteiger partial charge in [-0.15, -0.1) is 0 Å². The van der Waals surface area contributed by atoms with Gasteiger partial charge in [0.15, 0.2) is 0 Å². The molecule has 6 heteroatoms. The predicted octanol–water partition coefficient (Wildman–Crippen LogP) is 3.65. The minimum atomic E-state index is -1.00. The van der Waals surface area contributed by atoms with Crippen molar-refractivity contribution in [3.05, 3.63) is 51.7 Å². The van der Waals surface area contributed by atoms with Crippen LogP contribution in [-0.2, 0) is 0 Å². The topological polar surface area (TPSA) is 85.4 Å². The van der Waals surface area contributed by atoms with E-state index < -0.39 is 10.9 Å². The standard InChI is InChI=1S/C15H16N2O4/c1-9(2)16-10(3)13(15(18)19)8-14(16)11-5-4-6-12(7-11)17(20)21/h4-9H,1-3H3,(H,18,19). The maximum Gasteiger partial charge on any atom is 0.337 e. The highest BCUT2D eigenvalue weighted by Gasteiger charge is 2.20. The molecule has 1 aromatic carbocycles. The summed E-state index contributed by atoms with van der Waals surface area (Å²) >= 11 is 0. The Bertz CT molecular complexity index is 716. The highest BCUT2D eigenvalue weighted by atomic mass is 16.6. The lowest BCUT2D eigenvalue weighted by molar-refractivity contribution is -0.384. The predicted molar refractivity (Wildman–Crippen MR) is 78.6 cm³/mol. The maximum atomic E-state index is 11.3. The van der Waals surface area contributed by atoms with Gasteiger partial charge in [0.1, 0.15) is 0 Å². The fraction of sp³-hybridized carbons (Fsp3) is 0.267. The fourth-order valence-electron chi connectivity index (χ4n) is 2.50. The summed E-state index contributed by atoms with van der Waals surface area (Å²) in [4.78, 5) is 21.7. The van der Waals surface area contributed by atoms with Crippen LogP contribution in [0, 0.1) is 17.0 Å². The molecule has 0 amide bonds. The quantitative estimate of drug-likeness (QED) is 0.687. The zero-order chi connectivity index (χ0) is 15.7. The molecule has 0 radical (unpaired) electrons. The molecule has 0 saturated heterocycles. The molecule has 6 nitrogen and oxygen atoms in total. The highest BCUT2D eigenvalue weighted by Crippen LogP contribution is 2.31. The van der Waals surface area contributed by atoms with Crippen LogP contribution in [0.3, 0.4) is 0 Å². The van der Waals surface area contributed by atoms with E-state index in [0.717, 1.165) is 0 Å². The van der Waals surface area contributed by atoms with Gasteiger partial charge in [0.05, 0.1) is 10.5 Å². The summed E-state index contributed by atoms with van der Waals surface area (Å²) in [6, 6.07) is 7.83. The Kier molecular flexibility index (Phi) is 3.80. The maximum absolute atomic E-state index is 11.3. The minimum absolute atomic E-state index is 0.0152. The molecule has 0 aliphatic rings. The molecule has 2 rings (SSSR count). The molecule has 1 aromatic heterocycles. The Morgan fingerprint density at radius 1 is 1.33 bits per heavy atom. The van der Waals surface area contributed by atoms with Crippen molar-refractivity contribution in [2.75, 3.05) is 0 Å². The summed E-state index contributed by atoms with van der Waals surface area (Å²) in [5.74, 6) is -1.00. The van der Waals surface area contributed by atoms with E-state index in [0.29, 0.717) is 17.0 Å². The first kappa shape index (κ1) is 14.8. The van der Waals surface area contributed by atoms with Gasteiger partial charge in [0.2, 0.25) is 0 Å². The van der Waals surface area contributed by atoms with Crippen molar-refractivity contribution < 1.29 is 14.8 Å². The van der Waals surface area contributed by atoms with E-state index in [2.05, 4.69) is 0 Å². The lowest BCUT2D eigenvalue weighted by Gasteiger charge is -2.15. The van der Waals surface area contributed by atoms with E-state index in [4.69, 9.17) is 0 Å². The van der Waals surface area contributed by atoms with Gasteiger partial charge in [-0.25, -0.2) is 4.79 Å². The summed E-state index contributed by atoms with van der Waals surface area (Å²) in [5, 5.41) is 20.1. The van der Waals surface area contributed by atoms with Crippen molar-refractivity contribution in [3.8, 4) is 11.3 Å². The van der Waals surface area contributed by atoms with E-state index >= 15 is 0 Å². The Hall–Kier alpha value is -2.63. The van der Waals surface area contributed by atoms with Crippen LogP contribution in [0.4, 0.5) is 5.69 Å². The van der Waals surface area contributed by atoms with Gasteiger partial charge in [0, 0.05) is 35.1 Å². The van der Waals surface area contributed by atoms with E-state index in [-0.39, 0.29) is 17.3 Å². The molecule has 0 fully saturated rings. The molecule has 0 unspecified atom stereocenters. The van der Waals surface area contributed by atoms with Crippen LogP contribution < -0.4 is 0 Å². The first-order valence-electron chi connectivity index (χ1n) is 6.53. The number of benzene rings is 1. The number of carbonyl (C=O) groups is 1. The molecule has 0 atom stereocenters. The first-order chi connectivity index (χ1) is 9.82. The molecule has 0 aliphatic heterocycles. The third-order valence-electron chi connectivity index (χ3n) is 3.39. The molecule has 21 heavy (non-hydrogen) atoms. The number of carboxylic acids is 1. The number of rotatable bonds is 4. The van der Waals surface area contributed by atoms with Crippen LogP contribution in [0.5, 0.6) is 0 Å². The molecular formula is C15H16N2O4. The van der Waals surface area contributed by atoms with Crippen LogP contribution in [-0.4, -0.2) is 20.6 Å². The number of nitrogens with zero attached hydrogens (tertiary/aromatic N) is 2. The van der Waals surface area contributed by atoms with Crippen LogP contribution in [0.25, 0.3) is 11.3 Å². The third-order valence-corrected chi connectivity index (χ3v) is 3.39. The lowest BCUT2D eigenvalue weighted by atomic mass is 10.1. The van der Waals surface area contributed by atoms with Crippen molar-refractivity contribution in [2.24, 2.45) is 0 Å². The van der Waals surface area contributed by atoms with Crippen molar-refractivity contribution in [3.63, 3.8) is 0 Å². The van der Waals surface area contributed by atoms with Crippen molar-refractivity contribution in [1.29, 1.82) is 0 Å². The SMILES string of the molecule is Cc1c(C(=O)O)cc(-c2cccc([N+](=O)[O-])c2)n1C(C)C. The van der Waals surface area contributed by atoms with E-state index in [1.54, 1.807) is 25.1 Å². The van der Waals surface area contributed by atoms with Crippen molar-refractivity contribution >= 4 is 11.7 Å². The molecule has 0 aliphatic carbocycles. The average molecular weight is 288 g/mol. The van der Waals surface area contributed by atoms with E-state index in [9.17, 15) is 20.0 Å². The second-order valence-corrected chi connectivity index (χ2v) is 5.11. The lowest BCUT2D eigenvalue weighted by Crippen LogP contribution is -2.06. The summed E-state index contributed by atoms with van der Waals surface area (Å²) in [7, 11) is 0. The highest BCUT2D eigenvalue weighted by molar-refractivity contribution is 5.91. The number of aromatic nitrogens is 1. The Labute approximate surface area is 121 Å². The van der Waals surface area contributed by atoms with Crippen LogP contribution in [0.2, 0.25) is 0 Å². The monoisotopic (exact) mass is 288 g/mol. The number of carboxylic acid groups (broad SMARTS) is 1. The number of nitro groups is 1. The Morgan fingerprint density at radius 2 is 2.00 bits per heavy atom. The zero-order valence-electron chi connectivity index (χ0n) is 12.0. The van der Waals surface area contributed by atoms with Gasteiger partial charge in [-0.05, 0) is 26.8 Å². The van der Waals surface area contributed by atoms with Crippen LogP contribution >= 0.6 is 0 Å². The normalized spacial score (nSPS) is 10.9. The molecule has 0 saturated carbocycles. The molecule has 1 N–H and O–H groups in total. The second kappa shape index (κ2) is 5.40. The molecule has 0 spiro atoms. The van der Waals surface area contributed by atoms with E-state index in [1.807, 2.05) is 18.4 Å². The number of hydrogen-bond donors (Lipinski definition) is 1. The van der Waals surface area contributed by atoms with Gasteiger partial charge in [-0.1, -0.05) is 12.1 Å². The smallest absolute Gasteiger partial charge is 0.337 e. The molecular weight excluding hydrogens is 272 g/mol. The summed E-state index contributed by atoms with van der Waals surface area (Å²) in [6.07, 6.45) is 0. The third kappa shape index (κ3) is 2.65. The van der Waals surface area contributed by atoms with Gasteiger partial charge in [-0.2, -0.15) is 0 Å². The second-order valence-electron chi connectivity index (χ2n) is 5.11. The van der Waals surface area contributed by atoms with Crippen LogP contribution in [0.15, 0.2) is 30.3 Å². The van der Waals surface area contributed by atoms with Crippen molar-refractivity contribution in [2.45, 2.75) is 26.8 Å². The summed E-state index contributed by atoms with van der Waals surface area (Å²) < 4.78 is 1.88. The molecule has 110 valence electrons. The molecule has 0 bridgehead atoms. The average Bonchev–Trinajstić information content (AvgIpc) is 2.76. The fourth-order valence-corrected chi connectivity index (χ4v) is 2.50. The van der Waals surface area contributed by atoms with Crippen LogP contribution in [0.1, 0.15) is 35.9 Å². The first-order valence-corrected chi connectivity index (χ1v) is 6.53. The van der Waals surface area contributed by atoms with Gasteiger partial charge in [0.25, 0.3) is 5.69 Å². The number of non-ortho nitro benzene ring substituents is 1. The molecule has 2 aromatic rings. The number of hydrogen-bond acceptors (Lipinski definition) is 3. The summed E-state index contributed by atoms with van der Waals surface area (Å²) in [5.41, 5.74) is 2.14. The zero-order valence-corrected chi connectivity index (χ0v) is 12.0. The number of nitro benzene ring substituents is 1. The number of aromatic carboxylic acids is 1. The van der Waals surface area contributed by atoms with Gasteiger partial charge < -0.3 is 9.67 Å². The Morgan fingerprint density at radius 3 is 2.52 bits per heavy atom. The van der Waals surface area contributed by atoms with Crippen molar-refractivity contribution in [1.82, 2.24) is 4.57 Å². The van der Waals surface area contributed by atoms with E-state index in [1.165, 1.54) is 12.1 Å². The molecule has 1 heterocycles. The Balaban J connectivity index is 2.68. The summed E-state index contributed by atoms with van der Waals surface area (Å²) in [6.45, 7) is 5.63. The van der Waals surface area contributed by atoms with Gasteiger partial charge >= 0.3 is 5.97 Å². The largest absolute Gasteiger partial charge is 0.478 e. The van der Waals surface area contributed by atoms with Gasteiger partial charge in [-0.3, -0.25) is 10.1 Å².